The number of carboxylic acids is 1. The van der Waals surface area contributed by atoms with Gasteiger partial charge in [-0.05, 0) is 51.7 Å². The van der Waals surface area contributed by atoms with Gasteiger partial charge in [0.2, 0.25) is 0 Å². The summed E-state index contributed by atoms with van der Waals surface area (Å²) in [4.78, 5) is 13.5. The smallest absolute Gasteiger partial charge is 0.306 e. The Morgan fingerprint density at radius 2 is 1.94 bits per heavy atom. The molecule has 0 amide bonds. The Kier molecular flexibility index (Phi) is 5.01. The van der Waals surface area contributed by atoms with E-state index in [0.29, 0.717) is 12.1 Å². The number of hydrogen-bond acceptors (Lipinski definition) is 3. The highest BCUT2D eigenvalue weighted by atomic mass is 16.4. The summed E-state index contributed by atoms with van der Waals surface area (Å²) < 4.78 is 0. The van der Waals surface area contributed by atoms with Crippen molar-refractivity contribution < 1.29 is 9.90 Å². The van der Waals surface area contributed by atoms with Crippen LogP contribution in [0, 0.1) is 5.92 Å². The molecule has 2 N–H and O–H groups in total. The van der Waals surface area contributed by atoms with Crippen molar-refractivity contribution in [1.29, 1.82) is 0 Å². The number of likely N-dealkylation sites (tertiary alicyclic amines) is 1. The van der Waals surface area contributed by atoms with E-state index in [-0.39, 0.29) is 5.92 Å². The number of nitrogens with zero attached hydrogens (tertiary/aromatic N) is 1. The fourth-order valence-electron chi connectivity index (χ4n) is 3.31. The third-order valence-corrected chi connectivity index (χ3v) is 4.53. The Balaban J connectivity index is 1.74. The zero-order chi connectivity index (χ0) is 13.0. The molecule has 0 aromatic rings. The molecule has 1 aliphatic carbocycles. The number of carbonyl (C=O) groups is 1. The molecule has 1 heterocycles. The van der Waals surface area contributed by atoms with Gasteiger partial charge >= 0.3 is 5.97 Å². The van der Waals surface area contributed by atoms with Gasteiger partial charge < -0.3 is 15.3 Å². The van der Waals surface area contributed by atoms with Crippen LogP contribution in [0.25, 0.3) is 0 Å². The van der Waals surface area contributed by atoms with E-state index in [1.54, 1.807) is 0 Å². The Hall–Kier alpha value is -0.610. The lowest BCUT2D eigenvalue weighted by Gasteiger charge is -2.36. The highest BCUT2D eigenvalue weighted by Crippen LogP contribution is 2.25. The molecule has 2 unspecified atom stereocenters. The molecule has 2 atom stereocenters. The van der Waals surface area contributed by atoms with Gasteiger partial charge in [0.1, 0.15) is 0 Å². The van der Waals surface area contributed by atoms with Crippen LogP contribution < -0.4 is 5.32 Å². The second-order valence-corrected chi connectivity index (χ2v) is 5.77. The molecule has 0 radical (unpaired) electrons. The van der Waals surface area contributed by atoms with Crippen molar-refractivity contribution in [2.75, 3.05) is 19.6 Å². The predicted octanol–water partition coefficient (Wildman–Crippen LogP) is 1.70. The fourth-order valence-corrected chi connectivity index (χ4v) is 3.31. The van der Waals surface area contributed by atoms with Gasteiger partial charge in [0.15, 0.2) is 0 Å². The van der Waals surface area contributed by atoms with E-state index in [9.17, 15) is 4.79 Å². The van der Waals surface area contributed by atoms with E-state index < -0.39 is 5.97 Å². The lowest BCUT2D eigenvalue weighted by Crippen LogP contribution is -2.47. The molecule has 0 aromatic heterocycles. The van der Waals surface area contributed by atoms with Gasteiger partial charge in [-0.2, -0.15) is 0 Å². The van der Waals surface area contributed by atoms with Crippen molar-refractivity contribution in [3.63, 3.8) is 0 Å². The Bertz CT molecular complexity index is 275. The summed E-state index contributed by atoms with van der Waals surface area (Å²) in [6, 6.07) is 1.03. The topological polar surface area (TPSA) is 52.6 Å². The van der Waals surface area contributed by atoms with Crippen LogP contribution in [0.1, 0.15) is 45.4 Å². The van der Waals surface area contributed by atoms with Crippen LogP contribution in [0.3, 0.4) is 0 Å². The van der Waals surface area contributed by atoms with Gasteiger partial charge in [-0.3, -0.25) is 4.79 Å². The van der Waals surface area contributed by atoms with Gasteiger partial charge in [0, 0.05) is 12.1 Å². The van der Waals surface area contributed by atoms with Crippen molar-refractivity contribution in [1.82, 2.24) is 10.2 Å². The number of hydrogen-bond donors (Lipinski definition) is 2. The maximum absolute atomic E-state index is 11.0. The molecular formula is C14H26N2O2. The van der Waals surface area contributed by atoms with E-state index >= 15 is 0 Å². The average Bonchev–Trinajstić information content (AvgIpc) is 2.40. The van der Waals surface area contributed by atoms with Crippen molar-refractivity contribution in [2.24, 2.45) is 5.92 Å². The summed E-state index contributed by atoms with van der Waals surface area (Å²) in [6.45, 7) is 5.73. The lowest BCUT2D eigenvalue weighted by atomic mass is 9.85. The largest absolute Gasteiger partial charge is 0.481 e. The first-order valence-corrected chi connectivity index (χ1v) is 7.40. The van der Waals surface area contributed by atoms with Gasteiger partial charge in [-0.1, -0.05) is 13.3 Å². The van der Waals surface area contributed by atoms with Crippen molar-refractivity contribution in [3.8, 4) is 0 Å². The van der Waals surface area contributed by atoms with E-state index in [0.717, 1.165) is 32.2 Å². The number of carboxylic acid groups (broad SMARTS) is 1. The van der Waals surface area contributed by atoms with E-state index in [4.69, 9.17) is 5.11 Å². The number of aliphatic carboxylic acids is 1. The molecule has 2 rings (SSSR count). The third kappa shape index (κ3) is 3.69. The standard InChI is InChI=1S/C14H26N2O2/c1-2-16-8-6-12(7-9-16)15-13-5-3-4-11(10-13)14(17)18/h11-13,15H,2-10H2,1H3,(H,17,18). The molecular weight excluding hydrogens is 228 g/mol. The van der Waals surface area contributed by atoms with Crippen molar-refractivity contribution in [2.45, 2.75) is 57.5 Å². The second-order valence-electron chi connectivity index (χ2n) is 5.77. The molecule has 18 heavy (non-hydrogen) atoms. The van der Waals surface area contributed by atoms with Crippen LogP contribution in [-0.4, -0.2) is 47.7 Å². The first kappa shape index (κ1) is 13.8. The molecule has 104 valence electrons. The molecule has 1 aliphatic heterocycles. The summed E-state index contributed by atoms with van der Waals surface area (Å²) in [6.07, 6.45) is 6.31. The van der Waals surface area contributed by atoms with Crippen LogP contribution in [0.2, 0.25) is 0 Å². The highest BCUT2D eigenvalue weighted by Gasteiger charge is 2.29. The Morgan fingerprint density at radius 3 is 2.56 bits per heavy atom. The normalized spacial score (nSPS) is 31.4. The molecule has 4 nitrogen and oxygen atoms in total. The Morgan fingerprint density at radius 1 is 1.22 bits per heavy atom. The summed E-state index contributed by atoms with van der Waals surface area (Å²) in [7, 11) is 0. The minimum Gasteiger partial charge on any atom is -0.481 e. The second kappa shape index (κ2) is 6.53. The van der Waals surface area contributed by atoms with Crippen LogP contribution >= 0.6 is 0 Å². The molecule has 4 heteroatoms. The summed E-state index contributed by atoms with van der Waals surface area (Å²) >= 11 is 0. The predicted molar refractivity (Wildman–Crippen MR) is 71.7 cm³/mol. The van der Waals surface area contributed by atoms with Crippen LogP contribution in [-0.2, 0) is 4.79 Å². The van der Waals surface area contributed by atoms with Gasteiger partial charge in [0.05, 0.1) is 5.92 Å². The number of piperidine rings is 1. The summed E-state index contributed by atoms with van der Waals surface area (Å²) in [5.74, 6) is -0.728. The highest BCUT2D eigenvalue weighted by molar-refractivity contribution is 5.70. The van der Waals surface area contributed by atoms with Gasteiger partial charge in [-0.15, -0.1) is 0 Å². The fraction of sp³-hybridized carbons (Fsp3) is 0.929. The van der Waals surface area contributed by atoms with E-state index in [1.165, 1.54) is 25.9 Å². The summed E-state index contributed by atoms with van der Waals surface area (Å²) in [5, 5.41) is 12.8. The van der Waals surface area contributed by atoms with Crippen LogP contribution in [0.4, 0.5) is 0 Å². The van der Waals surface area contributed by atoms with Gasteiger partial charge in [-0.25, -0.2) is 0 Å². The first-order chi connectivity index (χ1) is 8.69. The monoisotopic (exact) mass is 254 g/mol. The van der Waals surface area contributed by atoms with E-state index in [2.05, 4.69) is 17.1 Å². The molecule has 1 saturated carbocycles. The third-order valence-electron chi connectivity index (χ3n) is 4.53. The zero-order valence-corrected chi connectivity index (χ0v) is 11.4. The van der Waals surface area contributed by atoms with E-state index in [1.807, 2.05) is 0 Å². The minimum absolute atomic E-state index is 0.119. The maximum Gasteiger partial charge on any atom is 0.306 e. The SMILES string of the molecule is CCN1CCC(NC2CCCC(C(=O)O)C2)CC1. The molecule has 0 aromatic carbocycles. The molecule has 2 fully saturated rings. The molecule has 2 aliphatic rings. The molecule has 0 bridgehead atoms. The molecule has 1 saturated heterocycles. The lowest BCUT2D eigenvalue weighted by molar-refractivity contribution is -0.143. The maximum atomic E-state index is 11.0. The van der Waals surface area contributed by atoms with Crippen LogP contribution in [0.15, 0.2) is 0 Å². The van der Waals surface area contributed by atoms with Gasteiger partial charge in [0.25, 0.3) is 0 Å². The number of rotatable bonds is 4. The number of nitrogens with one attached hydrogen (secondary N) is 1. The zero-order valence-electron chi connectivity index (χ0n) is 11.4. The minimum atomic E-state index is -0.609. The van der Waals surface area contributed by atoms with Crippen molar-refractivity contribution in [3.05, 3.63) is 0 Å². The molecule has 0 spiro atoms. The van der Waals surface area contributed by atoms with Crippen molar-refractivity contribution >= 4 is 5.97 Å². The average molecular weight is 254 g/mol. The summed E-state index contributed by atoms with van der Waals surface area (Å²) in [5.41, 5.74) is 0. The first-order valence-electron chi connectivity index (χ1n) is 7.40. The Labute approximate surface area is 110 Å². The quantitative estimate of drug-likeness (QED) is 0.802. The van der Waals surface area contributed by atoms with Crippen LogP contribution in [0.5, 0.6) is 0 Å².